The largest absolute Gasteiger partial charge is 0.452 e. The lowest BCUT2D eigenvalue weighted by Crippen LogP contribution is -2.25. The molecule has 0 saturated heterocycles. The van der Waals surface area contributed by atoms with E-state index in [4.69, 9.17) is 4.42 Å². The molecule has 3 heteroatoms. The van der Waals surface area contributed by atoms with Crippen LogP contribution in [0.25, 0.3) is 38.7 Å². The van der Waals surface area contributed by atoms with E-state index in [0.29, 0.717) is 0 Å². The van der Waals surface area contributed by atoms with Gasteiger partial charge in [0.25, 0.3) is 0 Å². The van der Waals surface area contributed by atoms with Crippen molar-refractivity contribution in [3.8, 4) is 5.69 Å². The topological polar surface area (TPSA) is 21.9 Å². The van der Waals surface area contributed by atoms with E-state index in [1.54, 1.807) is 0 Å². The molecule has 0 aliphatic carbocycles. The van der Waals surface area contributed by atoms with Gasteiger partial charge in [-0.1, -0.05) is 42.5 Å². The van der Waals surface area contributed by atoms with Gasteiger partial charge >= 0.3 is 0 Å². The molecule has 110 valence electrons. The molecule has 23 heavy (non-hydrogen) atoms. The Balaban J connectivity index is 1.92. The van der Waals surface area contributed by atoms with E-state index in [1.165, 1.54) is 11.0 Å². The van der Waals surface area contributed by atoms with Crippen molar-refractivity contribution < 1.29 is 8.98 Å². The third kappa shape index (κ3) is 1.67. The zero-order valence-corrected chi connectivity index (χ0v) is 12.7. The maximum Gasteiger partial charge on any atom is 0.249 e. The first-order valence-corrected chi connectivity index (χ1v) is 7.69. The lowest BCUT2D eigenvalue weighted by Gasteiger charge is -1.98. The molecule has 3 nitrogen and oxygen atoms in total. The van der Waals surface area contributed by atoms with Gasteiger partial charge in [0.05, 0.1) is 7.05 Å². The summed E-state index contributed by atoms with van der Waals surface area (Å²) >= 11 is 0. The third-order valence-electron chi connectivity index (χ3n) is 4.45. The molecule has 0 aliphatic heterocycles. The van der Waals surface area contributed by atoms with Crippen molar-refractivity contribution in [3.63, 3.8) is 0 Å². The summed E-state index contributed by atoms with van der Waals surface area (Å²) < 4.78 is 10.5. The standard InChI is InChI=1S/C20H15N2O/c1-21-13-22(17-10-4-3-9-16(17)21)18-11-6-8-15-14-7-2-5-12-19(14)23-20(15)18/h2-13H,1H3/q+1. The van der Waals surface area contributed by atoms with Gasteiger partial charge in [0.1, 0.15) is 5.58 Å². The third-order valence-corrected chi connectivity index (χ3v) is 4.45. The first-order chi connectivity index (χ1) is 11.3. The fourth-order valence-corrected chi connectivity index (χ4v) is 3.38. The van der Waals surface area contributed by atoms with Gasteiger partial charge in [0.15, 0.2) is 22.3 Å². The van der Waals surface area contributed by atoms with Crippen LogP contribution in [0.3, 0.4) is 0 Å². The minimum Gasteiger partial charge on any atom is -0.452 e. The average Bonchev–Trinajstić information content (AvgIpc) is 3.13. The number of aryl methyl sites for hydroxylation is 1. The maximum absolute atomic E-state index is 6.17. The number of hydrogen-bond donors (Lipinski definition) is 0. The van der Waals surface area contributed by atoms with Crippen molar-refractivity contribution >= 4 is 33.0 Å². The minimum absolute atomic E-state index is 0.926. The van der Waals surface area contributed by atoms with Gasteiger partial charge in [0.2, 0.25) is 6.33 Å². The number of para-hydroxylation sites is 4. The van der Waals surface area contributed by atoms with Crippen molar-refractivity contribution in [3.05, 3.63) is 73.1 Å². The number of rotatable bonds is 1. The highest BCUT2D eigenvalue weighted by Crippen LogP contribution is 2.33. The SMILES string of the molecule is C[n+]1cn(-c2cccc3c2oc2ccccc23)c2ccccc21. The summed E-state index contributed by atoms with van der Waals surface area (Å²) in [4.78, 5) is 0. The van der Waals surface area contributed by atoms with E-state index >= 15 is 0 Å². The predicted octanol–water partition coefficient (Wildman–Crippen LogP) is 4.35. The number of furan rings is 1. The van der Waals surface area contributed by atoms with Crippen LogP contribution < -0.4 is 4.57 Å². The number of hydrogen-bond acceptors (Lipinski definition) is 1. The van der Waals surface area contributed by atoms with Crippen LogP contribution >= 0.6 is 0 Å². The van der Waals surface area contributed by atoms with Crippen LogP contribution in [0.15, 0.2) is 77.5 Å². The van der Waals surface area contributed by atoms with Crippen molar-refractivity contribution in [2.24, 2.45) is 7.05 Å². The predicted molar refractivity (Wildman–Crippen MR) is 91.7 cm³/mol. The highest BCUT2D eigenvalue weighted by atomic mass is 16.3. The van der Waals surface area contributed by atoms with E-state index in [2.05, 4.69) is 77.1 Å². The zero-order valence-electron chi connectivity index (χ0n) is 12.7. The highest BCUT2D eigenvalue weighted by Gasteiger charge is 2.19. The number of benzene rings is 3. The lowest BCUT2D eigenvalue weighted by atomic mass is 10.1. The van der Waals surface area contributed by atoms with Crippen LogP contribution in [0.1, 0.15) is 0 Å². The molecule has 0 fully saturated rings. The van der Waals surface area contributed by atoms with E-state index in [9.17, 15) is 0 Å². The molecule has 3 aromatic carbocycles. The van der Waals surface area contributed by atoms with Crippen LogP contribution in [-0.4, -0.2) is 4.57 Å². The second kappa shape index (κ2) is 4.46. The molecule has 0 amide bonds. The van der Waals surface area contributed by atoms with Gasteiger partial charge in [0, 0.05) is 10.8 Å². The quantitative estimate of drug-likeness (QED) is 0.422. The van der Waals surface area contributed by atoms with E-state index in [-0.39, 0.29) is 0 Å². The Morgan fingerprint density at radius 1 is 0.826 bits per heavy atom. The normalized spacial score (nSPS) is 11.7. The van der Waals surface area contributed by atoms with Crippen LogP contribution in [0.5, 0.6) is 0 Å². The van der Waals surface area contributed by atoms with Crippen LogP contribution in [0.4, 0.5) is 0 Å². The highest BCUT2D eigenvalue weighted by molar-refractivity contribution is 6.07. The van der Waals surface area contributed by atoms with Crippen LogP contribution in [0, 0.1) is 0 Å². The molecule has 2 aromatic heterocycles. The molecule has 0 N–H and O–H groups in total. The smallest absolute Gasteiger partial charge is 0.249 e. The molecule has 0 unspecified atom stereocenters. The monoisotopic (exact) mass is 299 g/mol. The fourth-order valence-electron chi connectivity index (χ4n) is 3.38. The van der Waals surface area contributed by atoms with Crippen molar-refractivity contribution in [2.75, 3.05) is 0 Å². The van der Waals surface area contributed by atoms with Crippen molar-refractivity contribution in [1.29, 1.82) is 0 Å². The van der Waals surface area contributed by atoms with Crippen LogP contribution in [-0.2, 0) is 7.05 Å². The molecular weight excluding hydrogens is 284 g/mol. The molecule has 2 heterocycles. The van der Waals surface area contributed by atoms with Gasteiger partial charge in [-0.25, -0.2) is 4.57 Å². The molecule has 0 atom stereocenters. The summed E-state index contributed by atoms with van der Waals surface area (Å²) in [5.41, 5.74) is 5.28. The van der Waals surface area contributed by atoms with E-state index < -0.39 is 0 Å². The number of fused-ring (bicyclic) bond motifs is 4. The number of aromatic nitrogens is 2. The zero-order chi connectivity index (χ0) is 15.4. The maximum atomic E-state index is 6.17. The minimum atomic E-state index is 0.926. The van der Waals surface area contributed by atoms with E-state index in [1.807, 2.05) is 12.1 Å². The van der Waals surface area contributed by atoms with Gasteiger partial charge in [-0.05, 0) is 24.3 Å². The molecule has 5 aromatic rings. The number of imidazole rings is 1. The second-order valence-corrected chi connectivity index (χ2v) is 5.84. The summed E-state index contributed by atoms with van der Waals surface area (Å²) in [6.45, 7) is 0. The Hall–Kier alpha value is -3.07. The Bertz CT molecular complexity index is 1180. The second-order valence-electron chi connectivity index (χ2n) is 5.84. The number of nitrogens with zero attached hydrogens (tertiary/aromatic N) is 2. The first kappa shape index (κ1) is 12.5. The summed E-state index contributed by atoms with van der Waals surface area (Å²) in [6, 6.07) is 22.9. The Kier molecular flexibility index (Phi) is 2.42. The van der Waals surface area contributed by atoms with Crippen molar-refractivity contribution in [1.82, 2.24) is 4.57 Å². The Morgan fingerprint density at radius 2 is 1.61 bits per heavy atom. The molecule has 0 spiro atoms. The summed E-state index contributed by atoms with van der Waals surface area (Å²) in [6.07, 6.45) is 2.10. The van der Waals surface area contributed by atoms with Gasteiger partial charge in [-0.2, -0.15) is 4.57 Å². The average molecular weight is 299 g/mol. The fraction of sp³-hybridized carbons (Fsp3) is 0.0500. The van der Waals surface area contributed by atoms with Crippen molar-refractivity contribution in [2.45, 2.75) is 0 Å². The first-order valence-electron chi connectivity index (χ1n) is 7.69. The molecule has 0 aliphatic rings. The molecular formula is C20H15N2O+. The van der Waals surface area contributed by atoms with Gasteiger partial charge < -0.3 is 4.42 Å². The molecule has 5 rings (SSSR count). The van der Waals surface area contributed by atoms with Gasteiger partial charge in [-0.3, -0.25) is 0 Å². The van der Waals surface area contributed by atoms with Gasteiger partial charge in [-0.15, -0.1) is 0 Å². The Morgan fingerprint density at radius 3 is 2.57 bits per heavy atom. The summed E-state index contributed by atoms with van der Waals surface area (Å²) in [7, 11) is 2.07. The molecule has 0 bridgehead atoms. The van der Waals surface area contributed by atoms with E-state index in [0.717, 1.165) is 27.6 Å². The lowest BCUT2D eigenvalue weighted by molar-refractivity contribution is -0.645. The van der Waals surface area contributed by atoms with Crippen LogP contribution in [0.2, 0.25) is 0 Å². The molecule has 0 saturated carbocycles. The summed E-state index contributed by atoms with van der Waals surface area (Å²) in [5.74, 6) is 0. The molecule has 0 radical (unpaired) electrons. The Labute approximate surface area is 133 Å². The summed E-state index contributed by atoms with van der Waals surface area (Å²) in [5, 5.41) is 2.31.